The second-order valence-corrected chi connectivity index (χ2v) is 7.81. The van der Waals surface area contributed by atoms with Crippen molar-refractivity contribution in [3.8, 4) is 11.3 Å². The minimum atomic E-state index is -0.336. The van der Waals surface area contributed by atoms with Gasteiger partial charge in [-0.05, 0) is 44.0 Å². The van der Waals surface area contributed by atoms with Gasteiger partial charge in [-0.2, -0.15) is 0 Å². The summed E-state index contributed by atoms with van der Waals surface area (Å²) >= 11 is 0. The average molecular weight is 445 g/mol. The second kappa shape index (κ2) is 10.9. The zero-order valence-corrected chi connectivity index (χ0v) is 18.4. The van der Waals surface area contributed by atoms with Crippen molar-refractivity contribution < 1.29 is 27.9 Å². The van der Waals surface area contributed by atoms with Gasteiger partial charge >= 0.3 is 5.97 Å². The lowest BCUT2D eigenvalue weighted by Crippen LogP contribution is -2.47. The molecule has 2 aromatic rings. The van der Waals surface area contributed by atoms with Crippen molar-refractivity contribution in [2.45, 2.75) is 32.6 Å². The Morgan fingerprint density at radius 1 is 1.28 bits per heavy atom. The fourth-order valence-corrected chi connectivity index (χ4v) is 3.63. The van der Waals surface area contributed by atoms with E-state index in [0.29, 0.717) is 43.3 Å². The second-order valence-electron chi connectivity index (χ2n) is 7.81. The summed E-state index contributed by atoms with van der Waals surface area (Å²) in [5.74, 6) is -0.432. The smallest absolute Gasteiger partial charge is 0.310 e. The van der Waals surface area contributed by atoms with E-state index in [1.165, 1.54) is 23.2 Å². The summed E-state index contributed by atoms with van der Waals surface area (Å²) in [6.07, 6.45) is 3.39. The first-order valence-electron chi connectivity index (χ1n) is 10.8. The number of aryl methyl sites for hydroxylation is 1. The predicted octanol–water partition coefficient (Wildman–Crippen LogP) is 2.67. The van der Waals surface area contributed by atoms with Crippen molar-refractivity contribution in [3.05, 3.63) is 42.2 Å². The molecular formula is C23H28FN3O5. The predicted molar refractivity (Wildman–Crippen MR) is 114 cm³/mol. The SMILES string of the molecule is CCOC(=O)C1CCCN(C(=O)CN(C)C(=O)CCc2ncc(-c3ccc(F)cc3)o2)C1. The third kappa shape index (κ3) is 6.15. The quantitative estimate of drug-likeness (QED) is 0.580. The summed E-state index contributed by atoms with van der Waals surface area (Å²) in [4.78, 5) is 44.2. The van der Waals surface area contributed by atoms with Gasteiger partial charge in [0.25, 0.3) is 0 Å². The van der Waals surface area contributed by atoms with Crippen LogP contribution in [0.4, 0.5) is 4.39 Å². The van der Waals surface area contributed by atoms with Gasteiger partial charge < -0.3 is 19.0 Å². The zero-order valence-electron chi connectivity index (χ0n) is 18.4. The maximum atomic E-state index is 13.1. The number of piperidine rings is 1. The van der Waals surface area contributed by atoms with Crippen LogP contribution in [0.1, 0.15) is 32.1 Å². The molecule has 1 saturated heterocycles. The standard InChI is InChI=1S/C23H28FN3O5/c1-3-31-23(30)17-5-4-12-27(14-17)22(29)15-26(2)21(28)11-10-20-25-13-19(32-20)16-6-8-18(24)9-7-16/h6-9,13,17H,3-5,10-12,14-15H2,1-2H3. The molecule has 0 aliphatic carbocycles. The molecule has 8 nitrogen and oxygen atoms in total. The number of aromatic nitrogens is 1. The number of amides is 2. The van der Waals surface area contributed by atoms with Crippen molar-refractivity contribution in [2.75, 3.05) is 33.3 Å². The summed E-state index contributed by atoms with van der Waals surface area (Å²) < 4.78 is 23.8. The molecule has 1 fully saturated rings. The lowest BCUT2D eigenvalue weighted by atomic mass is 9.98. The lowest BCUT2D eigenvalue weighted by molar-refractivity contribution is -0.152. The third-order valence-electron chi connectivity index (χ3n) is 5.43. The van der Waals surface area contributed by atoms with E-state index in [1.54, 1.807) is 31.0 Å². The number of hydrogen-bond acceptors (Lipinski definition) is 6. The monoisotopic (exact) mass is 445 g/mol. The topological polar surface area (TPSA) is 93.0 Å². The Labute approximate surface area is 186 Å². The first kappa shape index (κ1) is 23.4. The summed E-state index contributed by atoms with van der Waals surface area (Å²) in [5, 5.41) is 0. The van der Waals surface area contributed by atoms with Crippen LogP contribution in [0, 0.1) is 11.7 Å². The van der Waals surface area contributed by atoms with Crippen molar-refractivity contribution >= 4 is 17.8 Å². The highest BCUT2D eigenvalue weighted by molar-refractivity contribution is 5.85. The molecule has 32 heavy (non-hydrogen) atoms. The van der Waals surface area contributed by atoms with E-state index < -0.39 is 0 Å². The number of carbonyl (C=O) groups excluding carboxylic acids is 3. The number of rotatable bonds is 8. The van der Waals surface area contributed by atoms with Gasteiger partial charge in [-0.15, -0.1) is 0 Å². The summed E-state index contributed by atoms with van der Waals surface area (Å²) in [5.41, 5.74) is 0.696. The number of nitrogens with zero attached hydrogens (tertiary/aromatic N) is 3. The molecule has 1 atom stereocenters. The summed E-state index contributed by atoms with van der Waals surface area (Å²) in [7, 11) is 1.58. The van der Waals surface area contributed by atoms with Crippen LogP contribution in [-0.2, 0) is 25.5 Å². The van der Waals surface area contributed by atoms with Crippen LogP contribution in [0.25, 0.3) is 11.3 Å². The molecule has 1 aliphatic heterocycles. The molecule has 2 heterocycles. The molecule has 0 spiro atoms. The highest BCUT2D eigenvalue weighted by Gasteiger charge is 2.30. The van der Waals surface area contributed by atoms with Crippen LogP contribution in [-0.4, -0.2) is 65.9 Å². The van der Waals surface area contributed by atoms with Gasteiger partial charge in [-0.25, -0.2) is 9.37 Å². The Kier molecular flexibility index (Phi) is 7.97. The van der Waals surface area contributed by atoms with Crippen LogP contribution in [0.3, 0.4) is 0 Å². The third-order valence-corrected chi connectivity index (χ3v) is 5.43. The number of esters is 1. The van der Waals surface area contributed by atoms with Gasteiger partial charge in [0.2, 0.25) is 11.8 Å². The number of oxazole rings is 1. The Bertz CT molecular complexity index is 943. The first-order valence-corrected chi connectivity index (χ1v) is 10.8. The molecule has 3 rings (SSSR count). The van der Waals surface area contributed by atoms with E-state index >= 15 is 0 Å². The van der Waals surface area contributed by atoms with Crippen molar-refractivity contribution in [3.63, 3.8) is 0 Å². The Hall–Kier alpha value is -3.23. The van der Waals surface area contributed by atoms with E-state index in [1.807, 2.05) is 0 Å². The molecule has 0 N–H and O–H groups in total. The highest BCUT2D eigenvalue weighted by atomic mass is 19.1. The van der Waals surface area contributed by atoms with E-state index in [-0.39, 0.29) is 48.9 Å². The van der Waals surface area contributed by atoms with Crippen LogP contribution in [0.15, 0.2) is 34.9 Å². The number of hydrogen-bond donors (Lipinski definition) is 0. The molecule has 0 radical (unpaired) electrons. The molecule has 172 valence electrons. The number of likely N-dealkylation sites (N-methyl/N-ethyl adjacent to an activating group) is 1. The number of likely N-dealkylation sites (tertiary alicyclic amines) is 1. The molecule has 0 bridgehead atoms. The Morgan fingerprint density at radius 3 is 2.75 bits per heavy atom. The Morgan fingerprint density at radius 2 is 2.03 bits per heavy atom. The molecular weight excluding hydrogens is 417 g/mol. The van der Waals surface area contributed by atoms with Gasteiger partial charge in [0.1, 0.15) is 5.82 Å². The van der Waals surface area contributed by atoms with Gasteiger partial charge in [0, 0.05) is 38.5 Å². The molecule has 9 heteroatoms. The summed E-state index contributed by atoms with van der Waals surface area (Å²) in [6.45, 7) is 2.91. The normalized spacial score (nSPS) is 16.0. The molecule has 0 saturated carbocycles. The van der Waals surface area contributed by atoms with Crippen LogP contribution < -0.4 is 0 Å². The molecule has 1 aromatic heterocycles. The van der Waals surface area contributed by atoms with E-state index in [4.69, 9.17) is 9.15 Å². The molecule has 1 unspecified atom stereocenters. The number of halogens is 1. The first-order chi connectivity index (χ1) is 15.4. The number of ether oxygens (including phenoxy) is 1. The van der Waals surface area contributed by atoms with E-state index in [0.717, 1.165) is 6.42 Å². The molecule has 1 aliphatic rings. The van der Waals surface area contributed by atoms with Gasteiger partial charge in [0.15, 0.2) is 11.7 Å². The largest absolute Gasteiger partial charge is 0.466 e. The fourth-order valence-electron chi connectivity index (χ4n) is 3.63. The highest BCUT2D eigenvalue weighted by Crippen LogP contribution is 2.21. The zero-order chi connectivity index (χ0) is 23.1. The van der Waals surface area contributed by atoms with E-state index in [2.05, 4.69) is 4.98 Å². The van der Waals surface area contributed by atoms with Crippen molar-refractivity contribution in [1.29, 1.82) is 0 Å². The maximum absolute atomic E-state index is 13.1. The van der Waals surface area contributed by atoms with Gasteiger partial charge in [0.05, 0.1) is 25.3 Å². The number of benzene rings is 1. The van der Waals surface area contributed by atoms with E-state index in [9.17, 15) is 18.8 Å². The lowest BCUT2D eigenvalue weighted by Gasteiger charge is -2.32. The summed E-state index contributed by atoms with van der Waals surface area (Å²) in [6, 6.07) is 5.86. The number of carbonyl (C=O) groups is 3. The van der Waals surface area contributed by atoms with Gasteiger partial charge in [-0.1, -0.05) is 0 Å². The molecule has 2 amide bonds. The Balaban J connectivity index is 1.47. The minimum Gasteiger partial charge on any atom is -0.466 e. The minimum absolute atomic E-state index is 0.0548. The van der Waals surface area contributed by atoms with Gasteiger partial charge in [-0.3, -0.25) is 14.4 Å². The van der Waals surface area contributed by atoms with Crippen molar-refractivity contribution in [1.82, 2.24) is 14.8 Å². The van der Waals surface area contributed by atoms with Crippen molar-refractivity contribution in [2.24, 2.45) is 5.92 Å². The fraction of sp³-hybridized carbons (Fsp3) is 0.478. The molecule has 1 aromatic carbocycles. The van der Waals surface area contributed by atoms with Crippen LogP contribution in [0.2, 0.25) is 0 Å². The maximum Gasteiger partial charge on any atom is 0.310 e. The average Bonchev–Trinajstić information content (AvgIpc) is 3.27. The van der Waals surface area contributed by atoms with Crippen LogP contribution in [0.5, 0.6) is 0 Å². The van der Waals surface area contributed by atoms with Crippen LogP contribution >= 0.6 is 0 Å².